The molecule has 0 bridgehead atoms. The lowest BCUT2D eigenvalue weighted by Gasteiger charge is -2.13. The van der Waals surface area contributed by atoms with Crippen molar-refractivity contribution >= 4 is 11.4 Å². The Balaban J connectivity index is 2.00. The number of rotatable bonds is 4. The van der Waals surface area contributed by atoms with E-state index in [1.807, 2.05) is 32.7 Å². The molecule has 96 valence electrons. The van der Waals surface area contributed by atoms with E-state index in [1.54, 1.807) is 0 Å². The average molecular weight is 244 g/mol. The molecule has 0 fully saturated rings. The van der Waals surface area contributed by atoms with Crippen molar-refractivity contribution in [2.45, 2.75) is 13.5 Å². The molecule has 0 atom stereocenters. The number of hydrogen-bond donors (Lipinski definition) is 1. The second kappa shape index (κ2) is 5.12. The zero-order valence-electron chi connectivity index (χ0n) is 11.4. The second-order valence-corrected chi connectivity index (χ2v) is 4.70. The zero-order valence-corrected chi connectivity index (χ0v) is 11.4. The summed E-state index contributed by atoms with van der Waals surface area (Å²) in [5, 5.41) is 7.73. The Bertz CT molecular complexity index is 511. The largest absolute Gasteiger partial charge is 0.379 e. The molecule has 0 unspecified atom stereocenters. The van der Waals surface area contributed by atoms with Crippen molar-refractivity contribution < 1.29 is 0 Å². The summed E-state index contributed by atoms with van der Waals surface area (Å²) in [6.45, 7) is 2.80. The Morgan fingerprint density at radius 2 is 1.89 bits per heavy atom. The minimum atomic E-state index is 0.790. The Morgan fingerprint density at radius 3 is 2.39 bits per heavy atom. The first kappa shape index (κ1) is 12.5. The average Bonchev–Trinajstić information content (AvgIpc) is 2.66. The molecule has 1 aromatic carbocycles. The van der Waals surface area contributed by atoms with E-state index in [1.165, 1.54) is 11.4 Å². The van der Waals surface area contributed by atoms with Gasteiger partial charge in [-0.15, -0.1) is 0 Å². The maximum absolute atomic E-state index is 4.33. The minimum Gasteiger partial charge on any atom is -0.379 e. The third kappa shape index (κ3) is 2.83. The Hall–Kier alpha value is -1.97. The third-order valence-electron chi connectivity index (χ3n) is 2.96. The van der Waals surface area contributed by atoms with E-state index >= 15 is 0 Å². The van der Waals surface area contributed by atoms with Crippen LogP contribution < -0.4 is 10.2 Å². The molecule has 0 aliphatic heterocycles. The first-order chi connectivity index (χ1) is 8.56. The van der Waals surface area contributed by atoms with Crippen LogP contribution in [0, 0.1) is 6.92 Å². The van der Waals surface area contributed by atoms with Crippen molar-refractivity contribution in [1.82, 2.24) is 9.78 Å². The van der Waals surface area contributed by atoms with E-state index in [4.69, 9.17) is 0 Å². The van der Waals surface area contributed by atoms with E-state index in [-0.39, 0.29) is 0 Å². The zero-order chi connectivity index (χ0) is 13.1. The van der Waals surface area contributed by atoms with Gasteiger partial charge < -0.3 is 10.2 Å². The quantitative estimate of drug-likeness (QED) is 0.896. The highest BCUT2D eigenvalue weighted by Crippen LogP contribution is 2.16. The summed E-state index contributed by atoms with van der Waals surface area (Å²) in [6, 6.07) is 10.5. The molecule has 2 rings (SSSR count). The molecule has 0 amide bonds. The van der Waals surface area contributed by atoms with Gasteiger partial charge in [-0.05, 0) is 37.3 Å². The molecule has 1 N–H and O–H groups in total. The van der Waals surface area contributed by atoms with Gasteiger partial charge in [0, 0.05) is 32.5 Å². The van der Waals surface area contributed by atoms with E-state index < -0.39 is 0 Å². The third-order valence-corrected chi connectivity index (χ3v) is 2.96. The SMILES string of the molecule is Cc1cc(CNc2ccc(N(C)C)cc2)n(C)n1. The van der Waals surface area contributed by atoms with E-state index in [0.717, 1.165) is 17.9 Å². The number of nitrogens with zero attached hydrogens (tertiary/aromatic N) is 3. The molecular weight excluding hydrogens is 224 g/mol. The van der Waals surface area contributed by atoms with E-state index in [9.17, 15) is 0 Å². The topological polar surface area (TPSA) is 33.1 Å². The van der Waals surface area contributed by atoms with Crippen LogP contribution >= 0.6 is 0 Å². The predicted octanol–water partition coefficient (Wildman–Crippen LogP) is 2.41. The highest BCUT2D eigenvalue weighted by molar-refractivity contribution is 5.54. The van der Waals surface area contributed by atoms with Gasteiger partial charge in [-0.2, -0.15) is 5.10 Å². The highest BCUT2D eigenvalue weighted by Gasteiger charge is 2.01. The summed E-state index contributed by atoms with van der Waals surface area (Å²) in [6.07, 6.45) is 0. The van der Waals surface area contributed by atoms with Crippen LogP contribution in [-0.4, -0.2) is 23.9 Å². The molecule has 1 heterocycles. The Morgan fingerprint density at radius 1 is 1.22 bits per heavy atom. The fourth-order valence-corrected chi connectivity index (χ4v) is 1.90. The molecule has 0 radical (unpaired) electrons. The molecule has 0 spiro atoms. The molecule has 4 heteroatoms. The summed E-state index contributed by atoms with van der Waals surface area (Å²) in [5.74, 6) is 0. The van der Waals surface area contributed by atoms with Gasteiger partial charge in [0.25, 0.3) is 0 Å². The van der Waals surface area contributed by atoms with Crippen LogP contribution in [0.25, 0.3) is 0 Å². The summed E-state index contributed by atoms with van der Waals surface area (Å²) >= 11 is 0. The monoisotopic (exact) mass is 244 g/mol. The lowest BCUT2D eigenvalue weighted by molar-refractivity contribution is 0.713. The maximum atomic E-state index is 4.33. The van der Waals surface area contributed by atoms with Gasteiger partial charge in [0.2, 0.25) is 0 Å². The molecule has 0 saturated heterocycles. The predicted molar refractivity (Wildman–Crippen MR) is 76.0 cm³/mol. The van der Waals surface area contributed by atoms with Gasteiger partial charge in [-0.25, -0.2) is 0 Å². The van der Waals surface area contributed by atoms with Crippen LogP contribution in [0.2, 0.25) is 0 Å². The lowest BCUT2D eigenvalue weighted by atomic mass is 10.2. The fourth-order valence-electron chi connectivity index (χ4n) is 1.90. The summed E-state index contributed by atoms with van der Waals surface area (Å²) in [5.41, 5.74) is 4.57. The van der Waals surface area contributed by atoms with Crippen molar-refractivity contribution in [3.05, 3.63) is 41.7 Å². The van der Waals surface area contributed by atoms with Crippen LogP contribution in [0.5, 0.6) is 0 Å². The van der Waals surface area contributed by atoms with Crippen LogP contribution in [0.3, 0.4) is 0 Å². The summed E-state index contributed by atoms with van der Waals surface area (Å²) < 4.78 is 1.91. The minimum absolute atomic E-state index is 0.790. The van der Waals surface area contributed by atoms with Crippen molar-refractivity contribution in [3.63, 3.8) is 0 Å². The first-order valence-electron chi connectivity index (χ1n) is 6.07. The first-order valence-corrected chi connectivity index (χ1v) is 6.07. The van der Waals surface area contributed by atoms with Gasteiger partial charge in [0.15, 0.2) is 0 Å². The molecule has 1 aromatic heterocycles. The van der Waals surface area contributed by atoms with Gasteiger partial charge in [-0.1, -0.05) is 0 Å². The summed E-state index contributed by atoms with van der Waals surface area (Å²) in [4.78, 5) is 2.09. The Kier molecular flexibility index (Phi) is 3.55. The number of nitrogens with one attached hydrogen (secondary N) is 1. The van der Waals surface area contributed by atoms with Crippen LogP contribution in [0.1, 0.15) is 11.4 Å². The van der Waals surface area contributed by atoms with Crippen LogP contribution in [0.15, 0.2) is 30.3 Å². The number of anilines is 2. The number of hydrogen-bond acceptors (Lipinski definition) is 3. The van der Waals surface area contributed by atoms with Crippen LogP contribution in [0.4, 0.5) is 11.4 Å². The molecule has 0 aliphatic carbocycles. The maximum Gasteiger partial charge on any atom is 0.0597 e. The fraction of sp³-hybridized carbons (Fsp3) is 0.357. The Labute approximate surface area is 108 Å². The van der Waals surface area contributed by atoms with Crippen molar-refractivity contribution in [1.29, 1.82) is 0 Å². The van der Waals surface area contributed by atoms with Gasteiger partial charge in [0.1, 0.15) is 0 Å². The van der Waals surface area contributed by atoms with Crippen molar-refractivity contribution in [2.75, 3.05) is 24.3 Å². The number of benzene rings is 1. The molecule has 0 saturated carbocycles. The standard InChI is InChI=1S/C14H20N4/c1-11-9-14(18(4)16-11)10-15-12-5-7-13(8-6-12)17(2)3/h5-9,15H,10H2,1-4H3. The normalized spacial score (nSPS) is 10.4. The lowest BCUT2D eigenvalue weighted by Crippen LogP contribution is -2.09. The van der Waals surface area contributed by atoms with E-state index in [2.05, 4.69) is 45.6 Å². The molecule has 4 nitrogen and oxygen atoms in total. The summed E-state index contributed by atoms with van der Waals surface area (Å²) in [7, 11) is 6.06. The van der Waals surface area contributed by atoms with Crippen LogP contribution in [-0.2, 0) is 13.6 Å². The molecule has 0 aliphatic rings. The van der Waals surface area contributed by atoms with Crippen molar-refractivity contribution in [2.24, 2.45) is 7.05 Å². The molecule has 2 aromatic rings. The molecule has 18 heavy (non-hydrogen) atoms. The number of aromatic nitrogens is 2. The van der Waals surface area contributed by atoms with Gasteiger partial charge >= 0.3 is 0 Å². The second-order valence-electron chi connectivity index (χ2n) is 4.70. The number of aryl methyl sites for hydroxylation is 2. The van der Waals surface area contributed by atoms with Gasteiger partial charge in [0.05, 0.1) is 17.9 Å². The molecular formula is C14H20N4. The highest BCUT2D eigenvalue weighted by atomic mass is 15.3. The van der Waals surface area contributed by atoms with Gasteiger partial charge in [-0.3, -0.25) is 4.68 Å². The van der Waals surface area contributed by atoms with E-state index in [0.29, 0.717) is 0 Å². The smallest absolute Gasteiger partial charge is 0.0597 e. The van der Waals surface area contributed by atoms with Crippen molar-refractivity contribution in [3.8, 4) is 0 Å².